The van der Waals surface area contributed by atoms with E-state index in [-0.39, 0.29) is 39.0 Å². The van der Waals surface area contributed by atoms with Gasteiger partial charge >= 0.3 is 0 Å². The van der Waals surface area contributed by atoms with Gasteiger partial charge < -0.3 is 9.84 Å². The number of nitrogens with zero attached hydrogens (tertiary/aromatic N) is 2. The maximum Gasteiger partial charge on any atom is 0.222 e. The van der Waals surface area contributed by atoms with Crippen molar-refractivity contribution in [1.29, 1.82) is 0 Å². The van der Waals surface area contributed by atoms with Crippen LogP contribution < -0.4 is 4.74 Å². The summed E-state index contributed by atoms with van der Waals surface area (Å²) in [6.07, 6.45) is 3.26. The second-order valence-electron chi connectivity index (χ2n) is 7.07. The number of halogens is 2. The molecule has 0 amide bonds. The smallest absolute Gasteiger partial charge is 0.222 e. The number of sulfone groups is 1. The van der Waals surface area contributed by atoms with Crippen LogP contribution in [0.4, 0.5) is 0 Å². The Morgan fingerprint density at radius 3 is 2.23 bits per heavy atom. The normalized spacial score (nSPS) is 11.8. The zero-order chi connectivity index (χ0) is 22.1. The highest BCUT2D eigenvalue weighted by atomic mass is 35.5. The topological polar surface area (TPSA) is 81.4 Å². The van der Waals surface area contributed by atoms with Crippen molar-refractivity contribution < 1.29 is 18.3 Å². The number of methoxy groups -OCH3 is 1. The molecule has 0 radical (unpaired) electrons. The van der Waals surface area contributed by atoms with E-state index in [0.29, 0.717) is 17.0 Å². The first-order valence-corrected chi connectivity index (χ1v) is 11.4. The summed E-state index contributed by atoms with van der Waals surface area (Å²) >= 11 is 12.2. The predicted molar refractivity (Wildman–Crippen MR) is 116 cm³/mol. The molecule has 2 heterocycles. The van der Waals surface area contributed by atoms with Crippen LogP contribution in [0, 0.1) is 0 Å². The van der Waals surface area contributed by atoms with Gasteiger partial charge in [0, 0.05) is 33.6 Å². The van der Waals surface area contributed by atoms with Crippen LogP contribution in [-0.2, 0) is 23.0 Å². The number of aromatic nitrogens is 2. The molecule has 1 N–H and O–H groups in total. The van der Waals surface area contributed by atoms with E-state index in [1.807, 2.05) is 13.8 Å². The molecule has 30 heavy (non-hydrogen) atoms. The zero-order valence-corrected chi connectivity index (χ0v) is 19.1. The second-order valence-corrected chi connectivity index (χ2v) is 9.81. The lowest BCUT2D eigenvalue weighted by molar-refractivity contribution is 0.269. The highest BCUT2D eigenvalue weighted by Crippen LogP contribution is 2.41. The monoisotopic (exact) mass is 468 g/mol. The fourth-order valence-electron chi connectivity index (χ4n) is 3.53. The van der Waals surface area contributed by atoms with Crippen LogP contribution >= 0.6 is 23.2 Å². The lowest BCUT2D eigenvalue weighted by Gasteiger charge is -2.15. The molecule has 0 atom stereocenters. The molecule has 3 aromatic rings. The van der Waals surface area contributed by atoms with Crippen LogP contribution in [0.25, 0.3) is 0 Å². The summed E-state index contributed by atoms with van der Waals surface area (Å²) in [5.41, 5.74) is 1.77. The SMILES string of the molecule is COc1c(CO)c(C(C)C)c(S(=O)(=O)c2cc(Cl)cc(Cl)c2)n1Cc1ccncc1. The Bertz CT molecular complexity index is 1140. The van der Waals surface area contributed by atoms with Gasteiger partial charge in [0.05, 0.1) is 25.2 Å². The number of benzene rings is 1. The van der Waals surface area contributed by atoms with Crippen molar-refractivity contribution in [2.24, 2.45) is 0 Å². The number of aliphatic hydroxyl groups excluding tert-OH is 1. The fourth-order valence-corrected chi connectivity index (χ4v) is 6.05. The summed E-state index contributed by atoms with van der Waals surface area (Å²) < 4.78 is 34.7. The Morgan fingerprint density at radius 2 is 1.73 bits per heavy atom. The van der Waals surface area contributed by atoms with Gasteiger partial charge in [-0.1, -0.05) is 37.0 Å². The Balaban J connectivity index is 2.37. The molecule has 160 valence electrons. The first kappa shape index (κ1) is 22.6. The maximum atomic E-state index is 13.8. The summed E-state index contributed by atoms with van der Waals surface area (Å²) in [5, 5.41) is 10.5. The van der Waals surface area contributed by atoms with Crippen LogP contribution in [0.15, 0.2) is 52.6 Å². The molecule has 6 nitrogen and oxygen atoms in total. The van der Waals surface area contributed by atoms with Gasteiger partial charge in [-0.25, -0.2) is 8.42 Å². The molecule has 1 aromatic carbocycles. The van der Waals surface area contributed by atoms with Crippen LogP contribution in [0.5, 0.6) is 5.88 Å². The van der Waals surface area contributed by atoms with Gasteiger partial charge in [0.25, 0.3) is 0 Å². The summed E-state index contributed by atoms with van der Waals surface area (Å²) in [4.78, 5) is 3.98. The lowest BCUT2D eigenvalue weighted by Crippen LogP contribution is -2.14. The van der Waals surface area contributed by atoms with Crippen molar-refractivity contribution in [3.63, 3.8) is 0 Å². The van der Waals surface area contributed by atoms with E-state index in [4.69, 9.17) is 27.9 Å². The van der Waals surface area contributed by atoms with Gasteiger partial charge in [-0.2, -0.15) is 0 Å². The number of hydrogen-bond acceptors (Lipinski definition) is 5. The van der Waals surface area contributed by atoms with Crippen molar-refractivity contribution in [3.8, 4) is 5.88 Å². The maximum absolute atomic E-state index is 13.8. The molecule has 0 aliphatic rings. The molecule has 0 saturated carbocycles. The van der Waals surface area contributed by atoms with E-state index in [0.717, 1.165) is 5.56 Å². The lowest BCUT2D eigenvalue weighted by atomic mass is 10.0. The number of rotatable bonds is 7. The minimum absolute atomic E-state index is 0.0254. The molecule has 9 heteroatoms. The first-order chi connectivity index (χ1) is 14.2. The molecular weight excluding hydrogens is 447 g/mol. The standard InChI is InChI=1S/C21H22Cl2N2O4S/c1-13(2)19-18(12-26)20(29-3)25(11-14-4-6-24-7-5-14)21(19)30(27,28)17-9-15(22)8-16(23)10-17/h4-10,13,26H,11-12H2,1-3H3. The summed E-state index contributed by atoms with van der Waals surface area (Å²) in [5.74, 6) is 0.101. The second kappa shape index (κ2) is 8.98. The van der Waals surface area contributed by atoms with Crippen molar-refractivity contribution >= 4 is 33.0 Å². The molecule has 0 aliphatic heterocycles. The Morgan fingerprint density at radius 1 is 1.13 bits per heavy atom. The first-order valence-electron chi connectivity index (χ1n) is 9.20. The van der Waals surface area contributed by atoms with E-state index < -0.39 is 9.84 Å². The molecule has 0 saturated heterocycles. The van der Waals surface area contributed by atoms with E-state index in [2.05, 4.69) is 4.98 Å². The van der Waals surface area contributed by atoms with Crippen LogP contribution in [0.1, 0.15) is 36.5 Å². The Labute approximate surface area is 186 Å². The van der Waals surface area contributed by atoms with Crippen molar-refractivity contribution in [3.05, 3.63) is 69.5 Å². The third-order valence-corrected chi connectivity index (χ3v) is 6.97. The Kier molecular flexibility index (Phi) is 6.77. The van der Waals surface area contributed by atoms with E-state index in [9.17, 15) is 13.5 Å². The summed E-state index contributed by atoms with van der Waals surface area (Å²) in [6.45, 7) is 3.59. The molecule has 2 aromatic heterocycles. The molecule has 3 rings (SSSR count). The minimum atomic E-state index is -4.04. The third kappa shape index (κ3) is 4.21. The Hall–Kier alpha value is -2.06. The summed E-state index contributed by atoms with van der Waals surface area (Å²) in [6, 6.07) is 7.78. The molecule has 0 bridgehead atoms. The van der Waals surface area contributed by atoms with Gasteiger partial charge in [0.2, 0.25) is 9.84 Å². The number of hydrogen-bond donors (Lipinski definition) is 1. The van der Waals surface area contributed by atoms with Gasteiger partial charge in [-0.3, -0.25) is 9.55 Å². The van der Waals surface area contributed by atoms with Gasteiger partial charge in [-0.05, 0) is 41.8 Å². The number of pyridine rings is 1. The third-order valence-electron chi connectivity index (χ3n) is 4.72. The fraction of sp³-hybridized carbons (Fsp3) is 0.286. The quantitative estimate of drug-likeness (QED) is 0.543. The molecule has 0 aliphatic carbocycles. The molecule has 0 unspecified atom stereocenters. The molecular formula is C21H22Cl2N2O4S. The minimum Gasteiger partial charge on any atom is -0.482 e. The van der Waals surface area contributed by atoms with E-state index >= 15 is 0 Å². The van der Waals surface area contributed by atoms with Crippen LogP contribution in [-0.4, -0.2) is 30.2 Å². The van der Waals surface area contributed by atoms with E-state index in [1.165, 1.54) is 25.3 Å². The van der Waals surface area contributed by atoms with Crippen LogP contribution in [0.3, 0.4) is 0 Å². The van der Waals surface area contributed by atoms with Crippen molar-refractivity contribution in [2.75, 3.05) is 7.11 Å². The average molecular weight is 469 g/mol. The average Bonchev–Trinajstić information content (AvgIpc) is 3.02. The zero-order valence-electron chi connectivity index (χ0n) is 16.8. The largest absolute Gasteiger partial charge is 0.482 e. The molecule has 0 spiro atoms. The summed E-state index contributed by atoms with van der Waals surface area (Å²) in [7, 11) is -2.59. The highest BCUT2D eigenvalue weighted by Gasteiger charge is 2.34. The van der Waals surface area contributed by atoms with Crippen molar-refractivity contribution in [2.45, 2.75) is 42.8 Å². The van der Waals surface area contributed by atoms with Gasteiger partial charge in [0.1, 0.15) is 5.03 Å². The van der Waals surface area contributed by atoms with Gasteiger partial charge in [0.15, 0.2) is 5.88 Å². The highest BCUT2D eigenvalue weighted by molar-refractivity contribution is 7.91. The number of ether oxygens (including phenoxy) is 1. The van der Waals surface area contributed by atoms with Crippen LogP contribution in [0.2, 0.25) is 10.0 Å². The van der Waals surface area contributed by atoms with E-state index in [1.54, 1.807) is 29.1 Å². The predicted octanol–water partition coefficient (Wildman–Crippen LogP) is 4.70. The molecule has 0 fully saturated rings. The van der Waals surface area contributed by atoms with Crippen molar-refractivity contribution in [1.82, 2.24) is 9.55 Å². The number of aliphatic hydroxyl groups is 1. The van der Waals surface area contributed by atoms with Gasteiger partial charge in [-0.15, -0.1) is 0 Å².